The maximum absolute atomic E-state index is 5.88. The Morgan fingerprint density at radius 2 is 1.87 bits per heavy atom. The van der Waals surface area contributed by atoms with Gasteiger partial charge in [0.15, 0.2) is 0 Å². The fraction of sp³-hybridized carbons (Fsp3) is 0.538. The SMILES string of the molecule is Cc1cc(C)cc([C@@H]2CC[C@H](CN)O2)c1. The molecular weight excluding hydrogens is 186 g/mol. The van der Waals surface area contributed by atoms with Crippen LogP contribution in [0.4, 0.5) is 0 Å². The third-order valence-electron chi connectivity index (χ3n) is 2.99. The van der Waals surface area contributed by atoms with Gasteiger partial charge in [0.25, 0.3) is 0 Å². The van der Waals surface area contributed by atoms with Crippen molar-refractivity contribution < 1.29 is 4.74 Å². The summed E-state index contributed by atoms with van der Waals surface area (Å²) in [7, 11) is 0. The van der Waals surface area contributed by atoms with Crippen molar-refractivity contribution in [3.05, 3.63) is 34.9 Å². The van der Waals surface area contributed by atoms with Crippen molar-refractivity contribution in [3.8, 4) is 0 Å². The van der Waals surface area contributed by atoms with E-state index in [-0.39, 0.29) is 12.2 Å². The lowest BCUT2D eigenvalue weighted by atomic mass is 10.0. The highest BCUT2D eigenvalue weighted by Gasteiger charge is 2.25. The number of hydrogen-bond donors (Lipinski definition) is 1. The van der Waals surface area contributed by atoms with Gasteiger partial charge >= 0.3 is 0 Å². The number of ether oxygens (including phenoxy) is 1. The maximum atomic E-state index is 5.88. The molecule has 0 spiro atoms. The van der Waals surface area contributed by atoms with Crippen LogP contribution in [-0.4, -0.2) is 12.6 Å². The van der Waals surface area contributed by atoms with E-state index in [2.05, 4.69) is 32.0 Å². The molecule has 1 saturated heterocycles. The number of hydrogen-bond acceptors (Lipinski definition) is 2. The molecule has 1 aromatic carbocycles. The number of nitrogens with two attached hydrogens (primary N) is 1. The summed E-state index contributed by atoms with van der Waals surface area (Å²) in [6, 6.07) is 6.63. The van der Waals surface area contributed by atoms with Crippen LogP contribution in [0.2, 0.25) is 0 Å². The molecule has 2 rings (SSSR count). The molecule has 15 heavy (non-hydrogen) atoms. The maximum Gasteiger partial charge on any atom is 0.0830 e. The lowest BCUT2D eigenvalue weighted by molar-refractivity contribution is 0.0498. The van der Waals surface area contributed by atoms with E-state index >= 15 is 0 Å². The fourth-order valence-corrected chi connectivity index (χ4v) is 2.32. The second-order valence-corrected chi connectivity index (χ2v) is 4.48. The van der Waals surface area contributed by atoms with Crippen LogP contribution in [0.1, 0.15) is 35.6 Å². The fourth-order valence-electron chi connectivity index (χ4n) is 2.32. The Hall–Kier alpha value is -0.860. The van der Waals surface area contributed by atoms with Gasteiger partial charge in [-0.1, -0.05) is 29.3 Å². The first kappa shape index (κ1) is 10.7. The van der Waals surface area contributed by atoms with E-state index in [4.69, 9.17) is 10.5 Å². The van der Waals surface area contributed by atoms with Gasteiger partial charge in [-0.05, 0) is 32.3 Å². The molecule has 2 heteroatoms. The summed E-state index contributed by atoms with van der Waals surface area (Å²) in [5.41, 5.74) is 9.54. The lowest BCUT2D eigenvalue weighted by Gasteiger charge is -2.14. The summed E-state index contributed by atoms with van der Waals surface area (Å²) in [6.45, 7) is 4.90. The molecular formula is C13H19NO. The minimum atomic E-state index is 0.260. The third kappa shape index (κ3) is 2.39. The van der Waals surface area contributed by atoms with Crippen molar-refractivity contribution in [2.24, 2.45) is 5.73 Å². The Morgan fingerprint density at radius 3 is 2.40 bits per heavy atom. The summed E-state index contributed by atoms with van der Waals surface area (Å²) in [5.74, 6) is 0. The van der Waals surface area contributed by atoms with E-state index in [1.54, 1.807) is 0 Å². The van der Waals surface area contributed by atoms with E-state index in [1.165, 1.54) is 16.7 Å². The van der Waals surface area contributed by atoms with E-state index in [0.717, 1.165) is 12.8 Å². The number of rotatable bonds is 2. The molecule has 2 atom stereocenters. The van der Waals surface area contributed by atoms with Crippen molar-refractivity contribution in [1.82, 2.24) is 0 Å². The van der Waals surface area contributed by atoms with Crippen molar-refractivity contribution in [1.29, 1.82) is 0 Å². The van der Waals surface area contributed by atoms with E-state index in [1.807, 2.05) is 0 Å². The minimum absolute atomic E-state index is 0.260. The smallest absolute Gasteiger partial charge is 0.0830 e. The second kappa shape index (κ2) is 4.33. The zero-order chi connectivity index (χ0) is 10.8. The van der Waals surface area contributed by atoms with Gasteiger partial charge in [0.2, 0.25) is 0 Å². The van der Waals surface area contributed by atoms with Gasteiger partial charge in [-0.2, -0.15) is 0 Å². The van der Waals surface area contributed by atoms with Crippen molar-refractivity contribution >= 4 is 0 Å². The highest BCUT2D eigenvalue weighted by molar-refractivity contribution is 5.30. The number of benzene rings is 1. The van der Waals surface area contributed by atoms with E-state index in [9.17, 15) is 0 Å². The summed E-state index contributed by atoms with van der Waals surface area (Å²) in [4.78, 5) is 0. The van der Waals surface area contributed by atoms with Crippen LogP contribution in [0, 0.1) is 13.8 Å². The van der Waals surface area contributed by atoms with Crippen LogP contribution in [-0.2, 0) is 4.74 Å². The molecule has 0 aliphatic carbocycles. The molecule has 1 aliphatic rings. The highest BCUT2D eigenvalue weighted by Crippen LogP contribution is 2.33. The van der Waals surface area contributed by atoms with Crippen molar-refractivity contribution in [2.75, 3.05) is 6.54 Å². The molecule has 1 heterocycles. The summed E-state index contributed by atoms with van der Waals surface area (Å²) in [6.07, 6.45) is 2.71. The zero-order valence-corrected chi connectivity index (χ0v) is 9.49. The Kier molecular flexibility index (Phi) is 3.08. The minimum Gasteiger partial charge on any atom is -0.369 e. The Labute approximate surface area is 91.4 Å². The molecule has 0 radical (unpaired) electrons. The van der Waals surface area contributed by atoms with Crippen molar-refractivity contribution in [2.45, 2.75) is 38.9 Å². The normalized spacial score (nSPS) is 25.8. The van der Waals surface area contributed by atoms with Gasteiger partial charge < -0.3 is 10.5 Å². The summed E-state index contributed by atoms with van der Waals surface area (Å²) < 4.78 is 5.88. The Bertz CT molecular complexity index is 328. The molecule has 82 valence electrons. The first-order valence-electron chi connectivity index (χ1n) is 5.63. The molecule has 1 aliphatic heterocycles. The predicted molar refractivity (Wildman–Crippen MR) is 61.8 cm³/mol. The Morgan fingerprint density at radius 1 is 1.20 bits per heavy atom. The first-order chi connectivity index (χ1) is 7.19. The topological polar surface area (TPSA) is 35.2 Å². The largest absolute Gasteiger partial charge is 0.369 e. The molecule has 0 saturated carbocycles. The highest BCUT2D eigenvalue weighted by atomic mass is 16.5. The van der Waals surface area contributed by atoms with Crippen LogP contribution in [0.3, 0.4) is 0 Å². The summed E-state index contributed by atoms with van der Waals surface area (Å²) >= 11 is 0. The van der Waals surface area contributed by atoms with Crippen LogP contribution in [0.25, 0.3) is 0 Å². The molecule has 2 nitrogen and oxygen atoms in total. The third-order valence-corrected chi connectivity index (χ3v) is 2.99. The van der Waals surface area contributed by atoms with Gasteiger partial charge in [-0.15, -0.1) is 0 Å². The van der Waals surface area contributed by atoms with Crippen molar-refractivity contribution in [3.63, 3.8) is 0 Å². The van der Waals surface area contributed by atoms with E-state index < -0.39 is 0 Å². The molecule has 0 aromatic heterocycles. The average molecular weight is 205 g/mol. The molecule has 0 bridgehead atoms. The molecule has 0 unspecified atom stereocenters. The monoisotopic (exact) mass is 205 g/mol. The molecule has 2 N–H and O–H groups in total. The lowest BCUT2D eigenvalue weighted by Crippen LogP contribution is -2.18. The second-order valence-electron chi connectivity index (χ2n) is 4.48. The van der Waals surface area contributed by atoms with Gasteiger partial charge in [0.05, 0.1) is 12.2 Å². The van der Waals surface area contributed by atoms with Gasteiger partial charge in [-0.25, -0.2) is 0 Å². The van der Waals surface area contributed by atoms with Crippen LogP contribution in [0.5, 0.6) is 0 Å². The number of aryl methyl sites for hydroxylation is 2. The predicted octanol–water partition coefficient (Wildman–Crippen LogP) is 2.48. The quantitative estimate of drug-likeness (QED) is 0.805. The standard InChI is InChI=1S/C13H19NO/c1-9-5-10(2)7-11(6-9)13-4-3-12(8-14)15-13/h5-7,12-13H,3-4,8,14H2,1-2H3/t12-,13+/m1/s1. The average Bonchev–Trinajstić information content (AvgIpc) is 2.64. The Balaban J connectivity index is 2.16. The zero-order valence-electron chi connectivity index (χ0n) is 9.49. The van der Waals surface area contributed by atoms with Crippen LogP contribution < -0.4 is 5.73 Å². The van der Waals surface area contributed by atoms with Gasteiger partial charge in [-0.3, -0.25) is 0 Å². The van der Waals surface area contributed by atoms with Gasteiger partial charge in [0, 0.05) is 6.54 Å². The molecule has 0 amide bonds. The van der Waals surface area contributed by atoms with Crippen LogP contribution in [0.15, 0.2) is 18.2 Å². The van der Waals surface area contributed by atoms with Crippen LogP contribution >= 0.6 is 0 Å². The molecule has 1 aromatic rings. The van der Waals surface area contributed by atoms with Gasteiger partial charge in [0.1, 0.15) is 0 Å². The summed E-state index contributed by atoms with van der Waals surface area (Å²) in [5, 5.41) is 0. The molecule has 1 fully saturated rings. The first-order valence-corrected chi connectivity index (χ1v) is 5.63. The van der Waals surface area contributed by atoms with E-state index in [0.29, 0.717) is 6.54 Å².